The summed E-state index contributed by atoms with van der Waals surface area (Å²) in [5.74, 6) is -0.214. The number of phenolic OH excluding ortho intramolecular Hbond substituents is 1. The lowest BCUT2D eigenvalue weighted by atomic mass is 9.95. The normalized spacial score (nSPS) is 31.1. The van der Waals surface area contributed by atoms with Crippen molar-refractivity contribution in [1.82, 2.24) is 0 Å². The van der Waals surface area contributed by atoms with Crippen molar-refractivity contribution in [1.29, 1.82) is 0 Å². The molecule has 0 radical (unpaired) electrons. The van der Waals surface area contributed by atoms with E-state index in [1.807, 2.05) is 0 Å². The van der Waals surface area contributed by atoms with Gasteiger partial charge in [-0.2, -0.15) is 0 Å². The molecule has 3 aliphatic rings. The molecule has 6 nitrogen and oxygen atoms in total. The number of methoxy groups -OCH3 is 1. The van der Waals surface area contributed by atoms with Gasteiger partial charge in [-0.25, -0.2) is 4.79 Å². The van der Waals surface area contributed by atoms with Gasteiger partial charge in [0.05, 0.1) is 19.3 Å². The Morgan fingerprint density at radius 1 is 1.14 bits per heavy atom. The molecule has 0 aliphatic carbocycles. The molecule has 160 valence electrons. The highest BCUT2D eigenvalue weighted by Crippen LogP contribution is 2.43. The van der Waals surface area contributed by atoms with Gasteiger partial charge in [0.2, 0.25) is 0 Å². The van der Waals surface area contributed by atoms with Crippen molar-refractivity contribution in [2.45, 2.75) is 95.2 Å². The van der Waals surface area contributed by atoms with Gasteiger partial charge in [-0.15, -0.1) is 0 Å². The molecule has 1 N–H and O–H groups in total. The van der Waals surface area contributed by atoms with Gasteiger partial charge in [0.25, 0.3) is 0 Å². The molecular weight excluding hydrogens is 372 g/mol. The number of carbonyl (C=O) groups is 1. The molecule has 0 aromatic heterocycles. The van der Waals surface area contributed by atoms with Gasteiger partial charge in [-0.3, -0.25) is 0 Å². The smallest absolute Gasteiger partial charge is 0.342 e. The van der Waals surface area contributed by atoms with Crippen LogP contribution in [0, 0.1) is 0 Å². The van der Waals surface area contributed by atoms with E-state index in [2.05, 4.69) is 6.92 Å². The first-order chi connectivity index (χ1) is 14.0. The molecule has 0 saturated carbocycles. The molecule has 1 aromatic carbocycles. The van der Waals surface area contributed by atoms with Crippen LogP contribution in [0.2, 0.25) is 0 Å². The number of unbranched alkanes of at least 4 members (excludes halogenated alkanes) is 2. The minimum absolute atomic E-state index is 0.0933. The van der Waals surface area contributed by atoms with Crippen LogP contribution in [0.3, 0.4) is 0 Å². The Balaban J connectivity index is 1.23. The number of phenols is 1. The Kier molecular flexibility index (Phi) is 6.02. The molecule has 1 aromatic rings. The molecule has 6 heteroatoms. The third-order valence-electron chi connectivity index (χ3n) is 6.44. The zero-order chi connectivity index (χ0) is 20.4. The number of benzene rings is 1. The fourth-order valence-electron chi connectivity index (χ4n) is 5.00. The third kappa shape index (κ3) is 4.38. The molecule has 0 bridgehead atoms. The van der Waals surface area contributed by atoms with Crippen molar-refractivity contribution in [2.24, 2.45) is 0 Å². The maximum atomic E-state index is 12.2. The van der Waals surface area contributed by atoms with Crippen LogP contribution in [0.15, 0.2) is 12.1 Å². The highest BCUT2D eigenvalue weighted by atomic mass is 16.7. The van der Waals surface area contributed by atoms with Gasteiger partial charge in [-0.1, -0.05) is 12.8 Å². The van der Waals surface area contributed by atoms with Crippen LogP contribution in [-0.2, 0) is 14.2 Å². The second-order valence-electron chi connectivity index (χ2n) is 8.65. The van der Waals surface area contributed by atoms with E-state index >= 15 is 0 Å². The van der Waals surface area contributed by atoms with E-state index in [1.54, 1.807) is 6.07 Å². The molecule has 0 unspecified atom stereocenters. The Bertz CT molecular complexity index is 743. The summed E-state index contributed by atoms with van der Waals surface area (Å²) in [4.78, 5) is 12.2. The molecule has 29 heavy (non-hydrogen) atoms. The number of hydrogen-bond acceptors (Lipinski definition) is 6. The minimum atomic E-state index is -0.367. The van der Waals surface area contributed by atoms with Gasteiger partial charge >= 0.3 is 5.97 Å². The Morgan fingerprint density at radius 2 is 1.97 bits per heavy atom. The predicted octanol–water partition coefficient (Wildman–Crippen LogP) is 5.03. The summed E-state index contributed by atoms with van der Waals surface area (Å²) in [6.07, 6.45) is 10.6. The van der Waals surface area contributed by atoms with Crippen LogP contribution in [0.4, 0.5) is 0 Å². The van der Waals surface area contributed by atoms with Gasteiger partial charge in [0.1, 0.15) is 23.2 Å². The quantitative estimate of drug-likeness (QED) is 0.508. The first-order valence-electron chi connectivity index (χ1n) is 11.0. The second kappa shape index (κ2) is 8.52. The monoisotopic (exact) mass is 404 g/mol. The predicted molar refractivity (Wildman–Crippen MR) is 107 cm³/mol. The number of hydrogen-bond donors (Lipinski definition) is 1. The molecule has 4 atom stereocenters. The topological polar surface area (TPSA) is 74.2 Å². The molecular formula is C23H32O6. The van der Waals surface area contributed by atoms with Crippen LogP contribution in [0.25, 0.3) is 0 Å². The van der Waals surface area contributed by atoms with Crippen LogP contribution < -0.4 is 4.74 Å². The lowest BCUT2D eigenvalue weighted by Crippen LogP contribution is -2.40. The van der Waals surface area contributed by atoms with E-state index in [0.717, 1.165) is 63.4 Å². The second-order valence-corrected chi connectivity index (χ2v) is 8.65. The molecule has 1 spiro atoms. The molecule has 2 fully saturated rings. The Hall–Kier alpha value is -1.79. The number of carbonyl (C=O) groups excluding carboxylic acids is 1. The summed E-state index contributed by atoms with van der Waals surface area (Å²) in [6.45, 7) is 2.13. The lowest BCUT2D eigenvalue weighted by molar-refractivity contribution is -0.269. The summed E-state index contributed by atoms with van der Waals surface area (Å²) in [5, 5.41) is 9.90. The maximum Gasteiger partial charge on any atom is 0.342 e. The molecule has 2 saturated heterocycles. The van der Waals surface area contributed by atoms with Crippen LogP contribution >= 0.6 is 0 Å². The van der Waals surface area contributed by atoms with E-state index in [0.29, 0.717) is 23.5 Å². The first-order valence-corrected chi connectivity index (χ1v) is 11.0. The zero-order valence-corrected chi connectivity index (χ0v) is 17.4. The molecule has 0 amide bonds. The van der Waals surface area contributed by atoms with Crippen molar-refractivity contribution in [3.05, 3.63) is 23.3 Å². The highest BCUT2D eigenvalue weighted by molar-refractivity contribution is 5.97. The Labute approximate surface area is 172 Å². The van der Waals surface area contributed by atoms with Crippen molar-refractivity contribution in [3.63, 3.8) is 0 Å². The summed E-state index contributed by atoms with van der Waals surface area (Å²) in [7, 11) is 1.49. The SMILES string of the molecule is COc1cc(O)cc2c1C(=O)O[C@@H]2CCCCC[C@H]1CCC[C@@]2(CC[C@@H](C)O2)O1. The summed E-state index contributed by atoms with van der Waals surface area (Å²) in [6, 6.07) is 3.07. The first kappa shape index (κ1) is 20.5. The maximum absolute atomic E-state index is 12.2. The zero-order valence-electron chi connectivity index (χ0n) is 17.4. The van der Waals surface area contributed by atoms with Crippen molar-refractivity contribution in [3.8, 4) is 11.5 Å². The lowest BCUT2D eigenvalue weighted by Gasteiger charge is -2.38. The number of fused-ring (bicyclic) bond motifs is 1. The van der Waals surface area contributed by atoms with E-state index in [4.69, 9.17) is 18.9 Å². The number of ether oxygens (including phenoxy) is 4. The summed E-state index contributed by atoms with van der Waals surface area (Å²) < 4.78 is 23.2. The van der Waals surface area contributed by atoms with Crippen molar-refractivity contribution in [2.75, 3.05) is 7.11 Å². The van der Waals surface area contributed by atoms with E-state index in [1.165, 1.54) is 19.6 Å². The average molecular weight is 405 g/mol. The standard InChI is InChI=1S/C23H32O6/c1-15-10-12-23(28-15)11-6-8-17(29-23)7-4-3-5-9-19-18-13-16(24)14-20(26-2)21(18)22(25)27-19/h13-15,17,19,24H,3-12H2,1-2H3/t15-,17+,19-,23+/m1/s1. The van der Waals surface area contributed by atoms with Crippen molar-refractivity contribution < 1.29 is 28.8 Å². The van der Waals surface area contributed by atoms with E-state index < -0.39 is 0 Å². The number of esters is 1. The molecule has 3 aliphatic heterocycles. The number of aromatic hydroxyl groups is 1. The minimum Gasteiger partial charge on any atom is -0.508 e. The van der Waals surface area contributed by atoms with Crippen molar-refractivity contribution >= 4 is 5.97 Å². The fourth-order valence-corrected chi connectivity index (χ4v) is 5.00. The van der Waals surface area contributed by atoms with Crippen LogP contribution in [-0.4, -0.2) is 36.2 Å². The molecule has 3 heterocycles. The fraction of sp³-hybridized carbons (Fsp3) is 0.696. The summed E-state index contributed by atoms with van der Waals surface area (Å²) >= 11 is 0. The average Bonchev–Trinajstić information content (AvgIpc) is 3.20. The number of rotatable bonds is 7. The highest BCUT2D eigenvalue weighted by Gasteiger charge is 2.43. The van der Waals surface area contributed by atoms with Gasteiger partial charge in [-0.05, 0) is 51.5 Å². The van der Waals surface area contributed by atoms with E-state index in [9.17, 15) is 9.90 Å². The Morgan fingerprint density at radius 3 is 2.72 bits per heavy atom. The third-order valence-corrected chi connectivity index (χ3v) is 6.44. The van der Waals surface area contributed by atoms with Crippen LogP contribution in [0.1, 0.15) is 93.2 Å². The molecule has 4 rings (SSSR count). The number of cyclic esters (lactones) is 1. The van der Waals surface area contributed by atoms with Gasteiger partial charge in [0, 0.05) is 24.5 Å². The summed E-state index contributed by atoms with van der Waals surface area (Å²) in [5.41, 5.74) is 1.18. The largest absolute Gasteiger partial charge is 0.508 e. The van der Waals surface area contributed by atoms with Gasteiger partial charge in [0.15, 0.2) is 5.79 Å². The van der Waals surface area contributed by atoms with Crippen LogP contribution in [0.5, 0.6) is 11.5 Å². The van der Waals surface area contributed by atoms with E-state index in [-0.39, 0.29) is 23.6 Å². The van der Waals surface area contributed by atoms with Gasteiger partial charge < -0.3 is 24.1 Å².